The van der Waals surface area contributed by atoms with E-state index in [1.165, 1.54) is 26.2 Å². The molecule has 0 spiro atoms. The molecule has 26 heavy (non-hydrogen) atoms. The van der Waals surface area contributed by atoms with E-state index in [2.05, 4.69) is 5.32 Å². The topological polar surface area (TPSA) is 77.1 Å². The summed E-state index contributed by atoms with van der Waals surface area (Å²) < 4.78 is 15.5. The van der Waals surface area contributed by atoms with Crippen molar-refractivity contribution in [1.82, 2.24) is 4.90 Å². The van der Waals surface area contributed by atoms with Gasteiger partial charge in [0.05, 0.1) is 19.9 Å². The number of nitrogens with one attached hydrogen (secondary N) is 1. The number of nitrogens with zero attached hydrogens (tertiary/aromatic N) is 1. The summed E-state index contributed by atoms with van der Waals surface area (Å²) in [6.07, 6.45) is -0.582. The summed E-state index contributed by atoms with van der Waals surface area (Å²) in [5.41, 5.74) is 1.34. The van der Waals surface area contributed by atoms with Gasteiger partial charge in [-0.15, -0.1) is 0 Å². The number of likely N-dealkylation sites (N-methyl/N-ethyl adjacent to an activating group) is 1. The molecule has 138 valence electrons. The van der Waals surface area contributed by atoms with E-state index >= 15 is 0 Å². The van der Waals surface area contributed by atoms with Gasteiger partial charge in [-0.1, -0.05) is 30.3 Å². The predicted octanol–water partition coefficient (Wildman–Crippen LogP) is 2.91. The van der Waals surface area contributed by atoms with Gasteiger partial charge in [0.25, 0.3) is 0 Å². The zero-order valence-corrected chi connectivity index (χ0v) is 15.0. The summed E-state index contributed by atoms with van der Waals surface area (Å²) in [6, 6.07) is 14.4. The van der Waals surface area contributed by atoms with Crippen molar-refractivity contribution in [2.24, 2.45) is 0 Å². The fourth-order valence-corrected chi connectivity index (χ4v) is 2.21. The van der Waals surface area contributed by atoms with E-state index in [-0.39, 0.29) is 19.1 Å². The Balaban J connectivity index is 1.89. The average molecular weight is 358 g/mol. The first-order chi connectivity index (χ1) is 12.5. The maximum absolute atomic E-state index is 12.2. The van der Waals surface area contributed by atoms with Gasteiger partial charge in [-0.05, 0) is 17.7 Å². The first-order valence-corrected chi connectivity index (χ1v) is 7.97. The summed E-state index contributed by atoms with van der Waals surface area (Å²) in [5.74, 6) is 0.695. The molecule has 0 saturated heterocycles. The molecule has 0 saturated carbocycles. The third kappa shape index (κ3) is 5.41. The summed E-state index contributed by atoms with van der Waals surface area (Å²) >= 11 is 0. The molecule has 0 atom stereocenters. The second-order valence-electron chi connectivity index (χ2n) is 5.51. The third-order valence-electron chi connectivity index (χ3n) is 3.58. The molecule has 7 heteroatoms. The quantitative estimate of drug-likeness (QED) is 0.823. The van der Waals surface area contributed by atoms with Crippen LogP contribution in [0.5, 0.6) is 11.5 Å². The van der Waals surface area contributed by atoms with Gasteiger partial charge in [0.1, 0.15) is 24.7 Å². The van der Waals surface area contributed by atoms with Crippen LogP contribution in [0.15, 0.2) is 48.5 Å². The molecule has 0 bridgehead atoms. The Morgan fingerprint density at radius 1 is 1.04 bits per heavy atom. The van der Waals surface area contributed by atoms with Crippen LogP contribution in [0.1, 0.15) is 5.56 Å². The van der Waals surface area contributed by atoms with E-state index in [1.54, 1.807) is 18.2 Å². The van der Waals surface area contributed by atoms with Gasteiger partial charge in [-0.3, -0.25) is 4.79 Å². The van der Waals surface area contributed by atoms with E-state index in [4.69, 9.17) is 14.2 Å². The van der Waals surface area contributed by atoms with Crippen LogP contribution in [-0.2, 0) is 16.1 Å². The first kappa shape index (κ1) is 19.1. The number of anilines is 1. The molecule has 0 aliphatic heterocycles. The van der Waals surface area contributed by atoms with Crippen LogP contribution in [0.25, 0.3) is 0 Å². The number of amides is 2. The number of benzene rings is 2. The molecule has 2 aromatic carbocycles. The number of carbonyl (C=O) groups is 2. The third-order valence-corrected chi connectivity index (χ3v) is 3.58. The number of methoxy groups -OCH3 is 2. The highest BCUT2D eigenvalue weighted by Crippen LogP contribution is 2.28. The van der Waals surface area contributed by atoms with Crippen LogP contribution in [0.4, 0.5) is 10.5 Å². The van der Waals surface area contributed by atoms with Gasteiger partial charge < -0.3 is 24.4 Å². The van der Waals surface area contributed by atoms with Crippen LogP contribution in [0, 0.1) is 0 Å². The Morgan fingerprint density at radius 2 is 1.77 bits per heavy atom. The summed E-state index contributed by atoms with van der Waals surface area (Å²) in [7, 11) is 4.53. The molecule has 2 aromatic rings. The number of hydrogen-bond acceptors (Lipinski definition) is 5. The standard InChI is InChI=1S/C19H22N2O5/c1-21(19(23)26-13-14-7-5-4-6-8-14)12-18(22)20-16-11-15(24-2)9-10-17(16)25-3/h4-11H,12-13H2,1-3H3,(H,20,22). The van der Waals surface area contributed by atoms with Crippen molar-refractivity contribution in [2.45, 2.75) is 6.61 Å². The van der Waals surface area contributed by atoms with E-state index in [0.717, 1.165) is 5.56 Å². The van der Waals surface area contributed by atoms with Crippen molar-refractivity contribution in [3.63, 3.8) is 0 Å². The molecule has 7 nitrogen and oxygen atoms in total. The molecule has 0 aliphatic rings. The molecule has 2 rings (SSSR count). The van der Waals surface area contributed by atoms with Crippen LogP contribution in [0.2, 0.25) is 0 Å². The van der Waals surface area contributed by atoms with E-state index in [1.807, 2.05) is 30.3 Å². The lowest BCUT2D eigenvalue weighted by Crippen LogP contribution is -2.35. The van der Waals surface area contributed by atoms with Gasteiger partial charge in [-0.2, -0.15) is 0 Å². The van der Waals surface area contributed by atoms with Crippen molar-refractivity contribution in [2.75, 3.05) is 33.1 Å². The lowest BCUT2D eigenvalue weighted by molar-refractivity contribution is -0.116. The van der Waals surface area contributed by atoms with Crippen LogP contribution in [-0.4, -0.2) is 44.7 Å². The summed E-state index contributed by atoms with van der Waals surface area (Å²) in [4.78, 5) is 25.4. The molecular formula is C19H22N2O5. The largest absolute Gasteiger partial charge is 0.497 e. The second kappa shape index (κ2) is 9.31. The first-order valence-electron chi connectivity index (χ1n) is 7.97. The second-order valence-corrected chi connectivity index (χ2v) is 5.51. The lowest BCUT2D eigenvalue weighted by atomic mass is 10.2. The van der Waals surface area contributed by atoms with Gasteiger partial charge in [-0.25, -0.2) is 4.79 Å². The predicted molar refractivity (Wildman–Crippen MR) is 97.4 cm³/mol. The van der Waals surface area contributed by atoms with Crippen LogP contribution >= 0.6 is 0 Å². The molecule has 0 aliphatic carbocycles. The number of ether oxygens (including phenoxy) is 3. The van der Waals surface area contributed by atoms with Crippen molar-refractivity contribution in [1.29, 1.82) is 0 Å². The fraction of sp³-hybridized carbons (Fsp3) is 0.263. The zero-order chi connectivity index (χ0) is 18.9. The normalized spacial score (nSPS) is 9.96. The minimum Gasteiger partial charge on any atom is -0.497 e. The van der Waals surface area contributed by atoms with E-state index < -0.39 is 6.09 Å². The van der Waals surface area contributed by atoms with Crippen LogP contribution < -0.4 is 14.8 Å². The Hall–Kier alpha value is -3.22. The molecule has 1 N–H and O–H groups in total. The van der Waals surface area contributed by atoms with Gasteiger partial charge in [0.2, 0.25) is 5.91 Å². The molecule has 0 fully saturated rings. The summed E-state index contributed by atoms with van der Waals surface area (Å²) in [5, 5.41) is 2.70. The monoisotopic (exact) mass is 358 g/mol. The minimum absolute atomic E-state index is 0.148. The highest BCUT2D eigenvalue weighted by atomic mass is 16.6. The molecule has 2 amide bonds. The fourth-order valence-electron chi connectivity index (χ4n) is 2.21. The average Bonchev–Trinajstić information content (AvgIpc) is 2.66. The van der Waals surface area contributed by atoms with Crippen molar-refractivity contribution in [3.05, 3.63) is 54.1 Å². The lowest BCUT2D eigenvalue weighted by Gasteiger charge is -2.17. The highest BCUT2D eigenvalue weighted by molar-refractivity contribution is 5.95. The molecular weight excluding hydrogens is 336 g/mol. The van der Waals surface area contributed by atoms with E-state index in [9.17, 15) is 9.59 Å². The Morgan fingerprint density at radius 3 is 2.42 bits per heavy atom. The highest BCUT2D eigenvalue weighted by Gasteiger charge is 2.16. The smallest absolute Gasteiger partial charge is 0.410 e. The van der Waals surface area contributed by atoms with Gasteiger partial charge in [0.15, 0.2) is 0 Å². The molecule has 0 heterocycles. The van der Waals surface area contributed by atoms with Crippen molar-refractivity contribution < 1.29 is 23.8 Å². The van der Waals surface area contributed by atoms with E-state index in [0.29, 0.717) is 17.2 Å². The van der Waals surface area contributed by atoms with Gasteiger partial charge in [0, 0.05) is 13.1 Å². The maximum atomic E-state index is 12.2. The molecule has 0 aromatic heterocycles. The SMILES string of the molecule is COc1ccc(OC)c(NC(=O)CN(C)C(=O)OCc2ccccc2)c1. The zero-order valence-electron chi connectivity index (χ0n) is 15.0. The molecule has 0 unspecified atom stereocenters. The number of carbonyl (C=O) groups excluding carboxylic acids is 2. The summed E-state index contributed by atoms with van der Waals surface area (Å²) in [6.45, 7) is -0.0106. The van der Waals surface area contributed by atoms with Crippen LogP contribution in [0.3, 0.4) is 0 Å². The van der Waals surface area contributed by atoms with Crippen molar-refractivity contribution >= 4 is 17.7 Å². The Labute approximate surface area is 152 Å². The minimum atomic E-state index is -0.582. The number of rotatable bonds is 7. The molecule has 0 radical (unpaired) electrons. The maximum Gasteiger partial charge on any atom is 0.410 e. The van der Waals surface area contributed by atoms with Crippen molar-refractivity contribution in [3.8, 4) is 11.5 Å². The number of hydrogen-bond donors (Lipinski definition) is 1. The Kier molecular flexibility index (Phi) is 6.84. The van der Waals surface area contributed by atoms with Gasteiger partial charge >= 0.3 is 6.09 Å². The Bertz CT molecular complexity index is 749.